The molecule has 1 aliphatic carbocycles. The summed E-state index contributed by atoms with van der Waals surface area (Å²) in [5, 5.41) is 9.12. The smallest absolute Gasteiger partial charge is 0.340 e. The Morgan fingerprint density at radius 3 is 2.53 bits per heavy atom. The maximum atomic E-state index is 12.3. The van der Waals surface area contributed by atoms with Gasteiger partial charge in [0.25, 0.3) is 0 Å². The molecule has 0 saturated heterocycles. The average Bonchev–Trinajstić information content (AvgIpc) is 2.93. The van der Waals surface area contributed by atoms with Crippen LogP contribution in [0.2, 0.25) is 0 Å². The summed E-state index contributed by atoms with van der Waals surface area (Å²) in [4.78, 5) is 10.9. The van der Waals surface area contributed by atoms with Gasteiger partial charge in [0.1, 0.15) is 22.0 Å². The minimum atomic E-state index is -3.85. The number of nitrogens with one attached hydrogen (secondary N) is 1. The van der Waals surface area contributed by atoms with Crippen molar-refractivity contribution >= 4 is 16.0 Å². The number of aromatic carboxylic acids is 1. The Kier molecular flexibility index (Phi) is 3.44. The molecule has 0 bridgehead atoms. The van der Waals surface area contributed by atoms with E-state index in [0.717, 1.165) is 12.8 Å². The van der Waals surface area contributed by atoms with Gasteiger partial charge in [-0.15, -0.1) is 0 Å². The van der Waals surface area contributed by atoms with Crippen LogP contribution in [-0.4, -0.2) is 25.5 Å². The van der Waals surface area contributed by atoms with E-state index in [2.05, 4.69) is 4.72 Å². The van der Waals surface area contributed by atoms with Crippen LogP contribution in [0.3, 0.4) is 0 Å². The Morgan fingerprint density at radius 2 is 2.05 bits per heavy atom. The predicted molar refractivity (Wildman–Crippen MR) is 67.6 cm³/mol. The second kappa shape index (κ2) is 4.64. The van der Waals surface area contributed by atoms with Gasteiger partial charge in [0, 0.05) is 6.04 Å². The molecule has 0 aliphatic heterocycles. The topological polar surface area (TPSA) is 96.6 Å². The van der Waals surface area contributed by atoms with Gasteiger partial charge in [-0.1, -0.05) is 13.3 Å². The fourth-order valence-electron chi connectivity index (χ4n) is 2.34. The van der Waals surface area contributed by atoms with Crippen molar-refractivity contribution in [3.8, 4) is 0 Å². The van der Waals surface area contributed by atoms with Crippen molar-refractivity contribution in [2.45, 2.75) is 44.6 Å². The molecule has 0 amide bonds. The minimum absolute atomic E-state index is 0.0914. The number of sulfonamides is 1. The number of carboxylic acids is 1. The number of rotatable bonds is 5. The van der Waals surface area contributed by atoms with Crippen LogP contribution in [0.5, 0.6) is 0 Å². The van der Waals surface area contributed by atoms with Gasteiger partial charge in [0.2, 0.25) is 10.0 Å². The molecule has 7 heteroatoms. The highest BCUT2D eigenvalue weighted by atomic mass is 32.2. The molecule has 2 unspecified atom stereocenters. The third-order valence-electron chi connectivity index (χ3n) is 3.44. The molecule has 2 N–H and O–H groups in total. The zero-order valence-corrected chi connectivity index (χ0v) is 11.9. The van der Waals surface area contributed by atoms with Gasteiger partial charge in [-0.3, -0.25) is 0 Å². The first kappa shape index (κ1) is 14.1. The minimum Gasteiger partial charge on any atom is -0.478 e. The van der Waals surface area contributed by atoms with Crippen LogP contribution in [0.1, 0.15) is 41.6 Å². The molecule has 2 rings (SSSR count). The lowest BCUT2D eigenvalue weighted by Crippen LogP contribution is -2.28. The molecule has 2 atom stereocenters. The molecule has 6 nitrogen and oxygen atoms in total. The molecule has 0 aromatic carbocycles. The van der Waals surface area contributed by atoms with Gasteiger partial charge in [-0.05, 0) is 26.2 Å². The highest BCUT2D eigenvalue weighted by Gasteiger charge is 2.41. The fourth-order valence-corrected chi connectivity index (χ4v) is 4.06. The van der Waals surface area contributed by atoms with Crippen LogP contribution >= 0.6 is 0 Å². The quantitative estimate of drug-likeness (QED) is 0.858. The maximum Gasteiger partial charge on any atom is 0.340 e. The van der Waals surface area contributed by atoms with Crippen molar-refractivity contribution < 1.29 is 22.7 Å². The van der Waals surface area contributed by atoms with E-state index in [9.17, 15) is 13.2 Å². The van der Waals surface area contributed by atoms with E-state index in [1.54, 1.807) is 0 Å². The van der Waals surface area contributed by atoms with E-state index in [0.29, 0.717) is 5.92 Å². The van der Waals surface area contributed by atoms with E-state index < -0.39 is 16.0 Å². The average molecular weight is 287 g/mol. The Morgan fingerprint density at radius 1 is 1.42 bits per heavy atom. The van der Waals surface area contributed by atoms with Gasteiger partial charge >= 0.3 is 5.97 Å². The summed E-state index contributed by atoms with van der Waals surface area (Å²) < 4.78 is 32.2. The summed E-state index contributed by atoms with van der Waals surface area (Å²) in [5.41, 5.74) is -0.279. The lowest BCUT2D eigenvalue weighted by molar-refractivity contribution is 0.0691. The van der Waals surface area contributed by atoms with E-state index in [1.807, 2.05) is 6.92 Å². The number of carbonyl (C=O) groups is 1. The van der Waals surface area contributed by atoms with Crippen molar-refractivity contribution in [1.29, 1.82) is 0 Å². The first-order valence-corrected chi connectivity index (χ1v) is 7.61. The zero-order valence-electron chi connectivity index (χ0n) is 11.1. The van der Waals surface area contributed by atoms with Gasteiger partial charge in [-0.25, -0.2) is 17.9 Å². The summed E-state index contributed by atoms with van der Waals surface area (Å²) in [7, 11) is -3.85. The summed E-state index contributed by atoms with van der Waals surface area (Å²) >= 11 is 0. The van der Waals surface area contributed by atoms with E-state index >= 15 is 0 Å². The first-order valence-electron chi connectivity index (χ1n) is 6.13. The molecule has 0 spiro atoms. The Hall–Kier alpha value is -1.34. The molecule has 1 heterocycles. The zero-order chi connectivity index (χ0) is 14.4. The molecule has 1 aliphatic rings. The number of hydrogen-bond donors (Lipinski definition) is 2. The van der Waals surface area contributed by atoms with E-state index in [-0.39, 0.29) is 28.0 Å². The monoisotopic (exact) mass is 287 g/mol. The van der Waals surface area contributed by atoms with Crippen LogP contribution in [0.25, 0.3) is 0 Å². The molecule has 1 aromatic rings. The molecule has 106 valence electrons. The van der Waals surface area contributed by atoms with Crippen LogP contribution in [0.4, 0.5) is 0 Å². The Balaban J connectivity index is 2.38. The highest BCUT2D eigenvalue weighted by Crippen LogP contribution is 2.35. The second-order valence-corrected chi connectivity index (χ2v) is 6.51. The first-order chi connectivity index (χ1) is 8.77. The summed E-state index contributed by atoms with van der Waals surface area (Å²) in [6.07, 6.45) is 1.70. The standard InChI is InChI=1S/C12H17NO5S/c1-4-8-5-9(8)13-19(16,17)11-7(3)18-6(2)10(11)12(14)15/h8-9,13H,4-5H2,1-3H3,(H,14,15). The number of carboxylic acid groups (broad SMARTS) is 1. The molecular formula is C12H17NO5S. The van der Waals surface area contributed by atoms with Crippen molar-refractivity contribution in [3.63, 3.8) is 0 Å². The highest BCUT2D eigenvalue weighted by molar-refractivity contribution is 7.89. The third-order valence-corrected chi connectivity index (χ3v) is 5.08. The van der Waals surface area contributed by atoms with E-state index in [4.69, 9.17) is 9.52 Å². The normalized spacial score (nSPS) is 22.5. The van der Waals surface area contributed by atoms with Crippen LogP contribution in [0, 0.1) is 19.8 Å². The third kappa shape index (κ3) is 2.52. The van der Waals surface area contributed by atoms with Crippen molar-refractivity contribution in [3.05, 3.63) is 17.1 Å². The van der Waals surface area contributed by atoms with Gasteiger partial charge in [0.15, 0.2) is 0 Å². The molecule has 1 aromatic heterocycles. The predicted octanol–water partition coefficient (Wildman–Crippen LogP) is 1.67. The van der Waals surface area contributed by atoms with Crippen LogP contribution < -0.4 is 4.72 Å². The molecule has 1 fully saturated rings. The van der Waals surface area contributed by atoms with Crippen molar-refractivity contribution in [1.82, 2.24) is 4.72 Å². The number of aryl methyl sites for hydroxylation is 2. The maximum absolute atomic E-state index is 12.3. The van der Waals surface area contributed by atoms with Crippen molar-refractivity contribution in [2.75, 3.05) is 0 Å². The Bertz CT molecular complexity index is 616. The van der Waals surface area contributed by atoms with Crippen LogP contribution in [-0.2, 0) is 10.0 Å². The number of furan rings is 1. The molecular weight excluding hydrogens is 270 g/mol. The second-order valence-electron chi connectivity index (χ2n) is 4.86. The summed E-state index contributed by atoms with van der Waals surface area (Å²) in [5.74, 6) is -0.738. The SMILES string of the molecule is CCC1CC1NS(=O)(=O)c1c(C)oc(C)c1C(=O)O. The Labute approximate surface area is 111 Å². The van der Waals surface area contributed by atoms with E-state index in [1.165, 1.54) is 13.8 Å². The van der Waals surface area contributed by atoms with Gasteiger partial charge in [-0.2, -0.15) is 0 Å². The fraction of sp³-hybridized carbons (Fsp3) is 0.583. The van der Waals surface area contributed by atoms with Crippen molar-refractivity contribution in [2.24, 2.45) is 5.92 Å². The number of hydrogen-bond acceptors (Lipinski definition) is 4. The summed E-state index contributed by atoms with van der Waals surface area (Å²) in [6, 6.07) is -0.0914. The van der Waals surface area contributed by atoms with Gasteiger partial charge in [0.05, 0.1) is 0 Å². The lowest BCUT2D eigenvalue weighted by atomic mass is 10.2. The molecule has 1 saturated carbocycles. The van der Waals surface area contributed by atoms with Gasteiger partial charge < -0.3 is 9.52 Å². The summed E-state index contributed by atoms with van der Waals surface area (Å²) in [6.45, 7) is 4.90. The largest absolute Gasteiger partial charge is 0.478 e. The molecule has 19 heavy (non-hydrogen) atoms. The molecule has 0 radical (unpaired) electrons. The van der Waals surface area contributed by atoms with Crippen LogP contribution in [0.15, 0.2) is 9.31 Å². The lowest BCUT2D eigenvalue weighted by Gasteiger charge is -2.06.